The van der Waals surface area contributed by atoms with E-state index in [1.807, 2.05) is 18.5 Å². The third-order valence-electron chi connectivity index (χ3n) is 2.61. The fourth-order valence-corrected chi connectivity index (χ4v) is 1.69. The van der Waals surface area contributed by atoms with Crippen LogP contribution in [-0.4, -0.2) is 44.1 Å². The number of rotatable bonds is 6. The van der Waals surface area contributed by atoms with Crippen molar-refractivity contribution in [1.29, 1.82) is 0 Å². The van der Waals surface area contributed by atoms with Crippen LogP contribution in [0.25, 0.3) is 0 Å². The van der Waals surface area contributed by atoms with Crippen LogP contribution >= 0.6 is 0 Å². The SMILES string of the molecule is CN(C)CCCN(C)c1ccncc1CN. The fraction of sp³-hybridized carbons (Fsp3) is 0.583. The highest BCUT2D eigenvalue weighted by Gasteiger charge is 2.05. The van der Waals surface area contributed by atoms with Crippen LogP contribution in [0, 0.1) is 0 Å². The van der Waals surface area contributed by atoms with Crippen LogP contribution in [-0.2, 0) is 6.54 Å². The number of pyridine rings is 1. The minimum atomic E-state index is 0.543. The van der Waals surface area contributed by atoms with E-state index in [0.29, 0.717) is 6.54 Å². The molecule has 16 heavy (non-hydrogen) atoms. The van der Waals surface area contributed by atoms with E-state index in [4.69, 9.17) is 5.73 Å². The van der Waals surface area contributed by atoms with Gasteiger partial charge >= 0.3 is 0 Å². The lowest BCUT2D eigenvalue weighted by Gasteiger charge is -2.22. The first kappa shape index (κ1) is 12.9. The summed E-state index contributed by atoms with van der Waals surface area (Å²) in [6.45, 7) is 2.68. The molecule has 2 N–H and O–H groups in total. The molecule has 0 spiro atoms. The highest BCUT2D eigenvalue weighted by atomic mass is 15.1. The summed E-state index contributed by atoms with van der Waals surface area (Å²) in [6.07, 6.45) is 4.81. The maximum absolute atomic E-state index is 5.69. The molecule has 0 aliphatic heterocycles. The fourth-order valence-electron chi connectivity index (χ4n) is 1.69. The summed E-state index contributed by atoms with van der Waals surface area (Å²) in [5, 5.41) is 0. The lowest BCUT2D eigenvalue weighted by Crippen LogP contribution is -2.24. The second-order valence-electron chi connectivity index (χ2n) is 4.29. The second-order valence-corrected chi connectivity index (χ2v) is 4.29. The van der Waals surface area contributed by atoms with Gasteiger partial charge in [0.2, 0.25) is 0 Å². The predicted octanol–water partition coefficient (Wildman–Crippen LogP) is 0.928. The largest absolute Gasteiger partial charge is 0.374 e. The van der Waals surface area contributed by atoms with Gasteiger partial charge in [0.15, 0.2) is 0 Å². The molecule has 0 saturated heterocycles. The van der Waals surface area contributed by atoms with Gasteiger partial charge in [-0.15, -0.1) is 0 Å². The summed E-state index contributed by atoms with van der Waals surface area (Å²) in [5.41, 5.74) is 7.99. The van der Waals surface area contributed by atoms with Crippen LogP contribution in [0.5, 0.6) is 0 Å². The average Bonchev–Trinajstić information content (AvgIpc) is 2.28. The van der Waals surface area contributed by atoms with Gasteiger partial charge in [-0.3, -0.25) is 4.98 Å². The molecule has 0 saturated carbocycles. The third-order valence-corrected chi connectivity index (χ3v) is 2.61. The van der Waals surface area contributed by atoms with Crippen LogP contribution in [0.3, 0.4) is 0 Å². The summed E-state index contributed by atoms with van der Waals surface area (Å²) in [7, 11) is 6.29. The molecule has 0 amide bonds. The van der Waals surface area contributed by atoms with Gasteiger partial charge < -0.3 is 15.5 Å². The summed E-state index contributed by atoms with van der Waals surface area (Å²) < 4.78 is 0. The van der Waals surface area contributed by atoms with Gasteiger partial charge in [0, 0.05) is 43.8 Å². The van der Waals surface area contributed by atoms with Gasteiger partial charge in [0.1, 0.15) is 0 Å². The van der Waals surface area contributed by atoms with Gasteiger partial charge in [0.05, 0.1) is 0 Å². The molecule has 0 aliphatic rings. The average molecular weight is 222 g/mol. The Morgan fingerprint density at radius 2 is 2.00 bits per heavy atom. The number of nitrogens with two attached hydrogens (primary N) is 1. The second kappa shape index (κ2) is 6.45. The van der Waals surface area contributed by atoms with E-state index in [1.54, 1.807) is 0 Å². The molecule has 1 aromatic heterocycles. The highest BCUT2D eigenvalue weighted by molar-refractivity contribution is 5.51. The number of nitrogens with zero attached hydrogens (tertiary/aromatic N) is 3. The molecule has 0 fully saturated rings. The molecule has 4 nitrogen and oxygen atoms in total. The molecule has 90 valence electrons. The summed E-state index contributed by atoms with van der Waals surface area (Å²) >= 11 is 0. The minimum absolute atomic E-state index is 0.543. The van der Waals surface area contributed by atoms with Crippen LogP contribution in [0.15, 0.2) is 18.5 Å². The van der Waals surface area contributed by atoms with Gasteiger partial charge in [-0.05, 0) is 33.1 Å². The number of hydrogen-bond donors (Lipinski definition) is 1. The summed E-state index contributed by atoms with van der Waals surface area (Å²) in [5.74, 6) is 0. The molecule has 0 unspecified atom stereocenters. The molecule has 0 aromatic carbocycles. The van der Waals surface area contributed by atoms with E-state index in [9.17, 15) is 0 Å². The topological polar surface area (TPSA) is 45.4 Å². The van der Waals surface area contributed by atoms with Crippen LogP contribution in [0.4, 0.5) is 5.69 Å². The van der Waals surface area contributed by atoms with Crippen molar-refractivity contribution in [3.05, 3.63) is 24.0 Å². The molecular weight excluding hydrogens is 200 g/mol. The van der Waals surface area contributed by atoms with Crippen molar-refractivity contribution in [2.24, 2.45) is 5.73 Å². The highest BCUT2D eigenvalue weighted by Crippen LogP contribution is 2.17. The Bertz CT molecular complexity index is 312. The Morgan fingerprint density at radius 3 is 2.62 bits per heavy atom. The number of aromatic nitrogens is 1. The van der Waals surface area contributed by atoms with E-state index >= 15 is 0 Å². The van der Waals surface area contributed by atoms with Crippen molar-refractivity contribution in [2.75, 3.05) is 39.1 Å². The first-order valence-electron chi connectivity index (χ1n) is 5.64. The zero-order chi connectivity index (χ0) is 12.0. The first-order chi connectivity index (χ1) is 7.65. The van der Waals surface area contributed by atoms with E-state index in [0.717, 1.165) is 25.1 Å². The smallest absolute Gasteiger partial charge is 0.0440 e. The van der Waals surface area contributed by atoms with E-state index in [2.05, 4.69) is 35.9 Å². The quantitative estimate of drug-likeness (QED) is 0.777. The van der Waals surface area contributed by atoms with E-state index < -0.39 is 0 Å². The summed E-state index contributed by atoms with van der Waals surface area (Å²) in [4.78, 5) is 8.53. The van der Waals surface area contributed by atoms with E-state index in [-0.39, 0.29) is 0 Å². The normalized spacial score (nSPS) is 10.8. The summed E-state index contributed by atoms with van der Waals surface area (Å²) in [6, 6.07) is 2.03. The zero-order valence-electron chi connectivity index (χ0n) is 10.5. The first-order valence-corrected chi connectivity index (χ1v) is 5.64. The van der Waals surface area contributed by atoms with Crippen molar-refractivity contribution in [3.63, 3.8) is 0 Å². The van der Waals surface area contributed by atoms with Gasteiger partial charge in [0.25, 0.3) is 0 Å². The number of anilines is 1. The molecule has 0 radical (unpaired) electrons. The van der Waals surface area contributed by atoms with Gasteiger partial charge in [-0.1, -0.05) is 0 Å². The van der Waals surface area contributed by atoms with Crippen molar-refractivity contribution in [2.45, 2.75) is 13.0 Å². The van der Waals surface area contributed by atoms with Crippen molar-refractivity contribution >= 4 is 5.69 Å². The van der Waals surface area contributed by atoms with Crippen molar-refractivity contribution in [3.8, 4) is 0 Å². The lowest BCUT2D eigenvalue weighted by atomic mass is 10.2. The van der Waals surface area contributed by atoms with Crippen LogP contribution < -0.4 is 10.6 Å². The zero-order valence-corrected chi connectivity index (χ0v) is 10.5. The molecule has 0 bridgehead atoms. The molecule has 1 rings (SSSR count). The minimum Gasteiger partial charge on any atom is -0.374 e. The standard InChI is InChI=1S/C12H22N4/c1-15(2)7-4-8-16(3)12-5-6-14-10-11(12)9-13/h5-6,10H,4,7-9,13H2,1-3H3. The van der Waals surface area contributed by atoms with Crippen LogP contribution in [0.2, 0.25) is 0 Å². The van der Waals surface area contributed by atoms with Gasteiger partial charge in [-0.25, -0.2) is 0 Å². The molecule has 1 aromatic rings. The van der Waals surface area contributed by atoms with Crippen molar-refractivity contribution in [1.82, 2.24) is 9.88 Å². The monoisotopic (exact) mass is 222 g/mol. The molecule has 0 aliphatic carbocycles. The maximum Gasteiger partial charge on any atom is 0.0440 e. The van der Waals surface area contributed by atoms with Crippen molar-refractivity contribution < 1.29 is 0 Å². The Kier molecular flexibility index (Phi) is 5.22. The third kappa shape index (κ3) is 3.79. The molecule has 0 atom stereocenters. The van der Waals surface area contributed by atoms with E-state index in [1.165, 1.54) is 5.69 Å². The molecule has 1 heterocycles. The maximum atomic E-state index is 5.69. The molecular formula is C12H22N4. The number of hydrogen-bond acceptors (Lipinski definition) is 4. The lowest BCUT2D eigenvalue weighted by molar-refractivity contribution is 0.401. The Balaban J connectivity index is 2.55. The van der Waals surface area contributed by atoms with Gasteiger partial charge in [-0.2, -0.15) is 0 Å². The predicted molar refractivity (Wildman–Crippen MR) is 68.6 cm³/mol. The molecule has 4 heteroatoms. The van der Waals surface area contributed by atoms with Crippen LogP contribution in [0.1, 0.15) is 12.0 Å². The Hall–Kier alpha value is -1.13. The Morgan fingerprint density at radius 1 is 1.25 bits per heavy atom. The Labute approximate surface area is 98.1 Å².